The van der Waals surface area contributed by atoms with Crippen molar-refractivity contribution in [2.45, 2.75) is 6.54 Å². The lowest BCUT2D eigenvalue weighted by molar-refractivity contribution is 0.146. The minimum absolute atomic E-state index is 0.107. The fraction of sp³-hybridized carbons (Fsp3) is 0.316. The van der Waals surface area contributed by atoms with Gasteiger partial charge in [0.1, 0.15) is 12.4 Å². The molecule has 0 spiro atoms. The number of benzene rings is 2. The molecule has 0 aliphatic heterocycles. The van der Waals surface area contributed by atoms with Crippen molar-refractivity contribution in [1.82, 2.24) is 4.90 Å². The highest BCUT2D eigenvalue weighted by Gasteiger charge is 2.15. The second kappa shape index (κ2) is 10.8. The van der Waals surface area contributed by atoms with E-state index < -0.39 is 0 Å². The molecule has 0 fully saturated rings. The number of carbonyl (C=O) groups excluding carboxylic acids is 1. The number of methoxy groups -OCH3 is 1. The first-order chi connectivity index (χ1) is 12.6. The van der Waals surface area contributed by atoms with Crippen LogP contribution in [0.2, 0.25) is 0 Å². The molecule has 0 bridgehead atoms. The Hall–Kier alpha value is -2.09. The number of rotatable bonds is 9. The van der Waals surface area contributed by atoms with Gasteiger partial charge in [0.05, 0.1) is 13.2 Å². The van der Waals surface area contributed by atoms with Crippen molar-refractivity contribution in [2.24, 2.45) is 0 Å². The van der Waals surface area contributed by atoms with Gasteiger partial charge >= 0.3 is 6.03 Å². The number of nitrogens with one attached hydrogen (secondary N) is 1. The summed E-state index contributed by atoms with van der Waals surface area (Å²) in [4.78, 5) is 14.1. The Kier molecular flexibility index (Phi) is 8.40. The third kappa shape index (κ3) is 6.33. The van der Waals surface area contributed by atoms with E-state index in [4.69, 9.17) is 9.47 Å². The number of hydrogen-bond donors (Lipinski definition) is 2. The summed E-state index contributed by atoms with van der Waals surface area (Å²) in [5, 5.41) is 12.1. The maximum absolute atomic E-state index is 12.6. The van der Waals surface area contributed by atoms with Crippen LogP contribution in [0.25, 0.3) is 0 Å². The predicted octanol–water partition coefficient (Wildman–Crippen LogP) is 3.50. The number of urea groups is 1. The Labute approximate surface area is 161 Å². The van der Waals surface area contributed by atoms with Crippen LogP contribution in [0, 0.1) is 0 Å². The van der Waals surface area contributed by atoms with E-state index in [2.05, 4.69) is 21.2 Å². The van der Waals surface area contributed by atoms with Crippen LogP contribution in [-0.2, 0) is 11.3 Å². The Balaban J connectivity index is 1.97. The van der Waals surface area contributed by atoms with Crippen molar-refractivity contribution in [3.05, 3.63) is 58.6 Å². The van der Waals surface area contributed by atoms with E-state index >= 15 is 0 Å². The number of aliphatic hydroxyl groups is 1. The highest BCUT2D eigenvalue weighted by molar-refractivity contribution is 9.10. The SMILES string of the molecule is COCCOc1ccc(NC(=O)N(CCO)Cc2ccccc2Br)cc1. The lowest BCUT2D eigenvalue weighted by atomic mass is 10.2. The molecule has 0 saturated heterocycles. The van der Waals surface area contributed by atoms with E-state index in [1.807, 2.05) is 24.3 Å². The van der Waals surface area contributed by atoms with Gasteiger partial charge in [0, 0.05) is 30.4 Å². The third-order valence-electron chi connectivity index (χ3n) is 3.64. The molecule has 0 aromatic heterocycles. The van der Waals surface area contributed by atoms with Gasteiger partial charge in [0.2, 0.25) is 0 Å². The number of hydrogen-bond acceptors (Lipinski definition) is 4. The Morgan fingerprint density at radius 3 is 2.54 bits per heavy atom. The monoisotopic (exact) mass is 422 g/mol. The van der Waals surface area contributed by atoms with Crippen LogP contribution in [0.4, 0.5) is 10.5 Å². The smallest absolute Gasteiger partial charge is 0.322 e. The first-order valence-corrected chi connectivity index (χ1v) is 9.05. The van der Waals surface area contributed by atoms with Crippen molar-refractivity contribution >= 4 is 27.6 Å². The molecule has 0 unspecified atom stereocenters. The first-order valence-electron chi connectivity index (χ1n) is 8.26. The van der Waals surface area contributed by atoms with E-state index in [-0.39, 0.29) is 19.2 Å². The fourth-order valence-corrected chi connectivity index (χ4v) is 2.70. The highest BCUT2D eigenvalue weighted by Crippen LogP contribution is 2.19. The molecular formula is C19H23BrN2O4. The molecule has 2 aromatic rings. The number of nitrogens with zero attached hydrogens (tertiary/aromatic N) is 1. The number of ether oxygens (including phenoxy) is 2. The molecule has 0 aliphatic carbocycles. The van der Waals surface area contributed by atoms with Gasteiger partial charge in [-0.25, -0.2) is 4.79 Å². The number of halogens is 1. The van der Waals surface area contributed by atoms with Crippen molar-refractivity contribution in [1.29, 1.82) is 0 Å². The molecule has 0 aliphatic rings. The minimum atomic E-state index is -0.275. The van der Waals surface area contributed by atoms with Crippen molar-refractivity contribution in [3.63, 3.8) is 0 Å². The van der Waals surface area contributed by atoms with Crippen LogP contribution in [0.15, 0.2) is 53.0 Å². The van der Waals surface area contributed by atoms with Gasteiger partial charge in [0.15, 0.2) is 0 Å². The van der Waals surface area contributed by atoms with Gasteiger partial charge in [0.25, 0.3) is 0 Å². The predicted molar refractivity (Wildman–Crippen MR) is 104 cm³/mol. The summed E-state index contributed by atoms with van der Waals surface area (Å²) >= 11 is 3.48. The van der Waals surface area contributed by atoms with E-state index in [0.29, 0.717) is 31.2 Å². The molecular weight excluding hydrogens is 400 g/mol. The zero-order valence-corrected chi connectivity index (χ0v) is 16.2. The molecule has 2 N–H and O–H groups in total. The molecule has 0 radical (unpaired) electrons. The third-order valence-corrected chi connectivity index (χ3v) is 4.41. The van der Waals surface area contributed by atoms with Crippen molar-refractivity contribution in [2.75, 3.05) is 38.8 Å². The van der Waals surface area contributed by atoms with E-state index in [1.165, 1.54) is 0 Å². The molecule has 0 saturated carbocycles. The average molecular weight is 423 g/mol. The maximum Gasteiger partial charge on any atom is 0.322 e. The highest BCUT2D eigenvalue weighted by atomic mass is 79.9. The summed E-state index contributed by atoms with van der Waals surface area (Å²) in [7, 11) is 1.62. The number of aliphatic hydroxyl groups excluding tert-OH is 1. The average Bonchev–Trinajstić information content (AvgIpc) is 2.64. The molecule has 2 rings (SSSR count). The summed E-state index contributed by atoms with van der Waals surface area (Å²) in [6, 6.07) is 14.5. The van der Waals surface area contributed by atoms with Gasteiger partial charge < -0.3 is 24.8 Å². The maximum atomic E-state index is 12.6. The lowest BCUT2D eigenvalue weighted by Crippen LogP contribution is -2.36. The lowest BCUT2D eigenvalue weighted by Gasteiger charge is -2.23. The second-order valence-corrected chi connectivity index (χ2v) is 6.39. The molecule has 2 amide bonds. The fourth-order valence-electron chi connectivity index (χ4n) is 2.29. The van der Waals surface area contributed by atoms with E-state index in [9.17, 15) is 9.90 Å². The number of amides is 2. The zero-order valence-electron chi connectivity index (χ0n) is 14.7. The van der Waals surface area contributed by atoms with Gasteiger partial charge in [-0.1, -0.05) is 34.1 Å². The Morgan fingerprint density at radius 1 is 1.15 bits per heavy atom. The Morgan fingerprint density at radius 2 is 1.88 bits per heavy atom. The summed E-state index contributed by atoms with van der Waals surface area (Å²) in [6.45, 7) is 1.52. The summed E-state index contributed by atoms with van der Waals surface area (Å²) in [6.07, 6.45) is 0. The largest absolute Gasteiger partial charge is 0.491 e. The van der Waals surface area contributed by atoms with Crippen LogP contribution in [0.1, 0.15) is 5.56 Å². The summed E-state index contributed by atoms with van der Waals surface area (Å²) in [5.74, 6) is 0.709. The van der Waals surface area contributed by atoms with Gasteiger partial charge in [-0.2, -0.15) is 0 Å². The summed E-state index contributed by atoms with van der Waals surface area (Å²) in [5.41, 5.74) is 1.63. The summed E-state index contributed by atoms with van der Waals surface area (Å²) < 4.78 is 11.4. The first kappa shape index (κ1) is 20.2. The number of carbonyl (C=O) groups is 1. The molecule has 0 heterocycles. The zero-order chi connectivity index (χ0) is 18.8. The number of anilines is 1. The van der Waals surface area contributed by atoms with Crippen molar-refractivity contribution in [3.8, 4) is 5.75 Å². The quantitative estimate of drug-likeness (QED) is 0.606. The van der Waals surface area contributed by atoms with E-state index in [1.54, 1.807) is 36.3 Å². The molecule has 140 valence electrons. The molecule has 7 heteroatoms. The van der Waals surface area contributed by atoms with Gasteiger partial charge in [-0.15, -0.1) is 0 Å². The van der Waals surface area contributed by atoms with Crippen molar-refractivity contribution < 1.29 is 19.4 Å². The standard InChI is InChI=1S/C19H23BrN2O4/c1-25-12-13-26-17-8-6-16(7-9-17)21-19(24)22(10-11-23)14-15-4-2-3-5-18(15)20/h2-9,23H,10-14H2,1H3,(H,21,24). The van der Waals surface area contributed by atoms with Crippen LogP contribution in [0.5, 0.6) is 5.75 Å². The van der Waals surface area contributed by atoms with E-state index in [0.717, 1.165) is 10.0 Å². The molecule has 26 heavy (non-hydrogen) atoms. The Bertz CT molecular complexity index is 694. The van der Waals surface area contributed by atoms with Crippen LogP contribution >= 0.6 is 15.9 Å². The van der Waals surface area contributed by atoms with Crippen LogP contribution in [0.3, 0.4) is 0 Å². The van der Waals surface area contributed by atoms with Gasteiger partial charge in [-0.05, 0) is 35.9 Å². The van der Waals surface area contributed by atoms with Gasteiger partial charge in [-0.3, -0.25) is 0 Å². The van der Waals surface area contributed by atoms with Crippen LogP contribution < -0.4 is 10.1 Å². The minimum Gasteiger partial charge on any atom is -0.491 e. The normalized spacial score (nSPS) is 10.4. The molecule has 6 nitrogen and oxygen atoms in total. The molecule has 0 atom stereocenters. The van der Waals surface area contributed by atoms with Crippen LogP contribution in [-0.4, -0.2) is 49.5 Å². The second-order valence-electron chi connectivity index (χ2n) is 5.53. The topological polar surface area (TPSA) is 71.0 Å². The molecule has 2 aromatic carbocycles.